The minimum Gasteiger partial charge on any atom is -0.322 e. The minimum absolute atomic E-state index is 0.0592. The smallest absolute Gasteiger partial charge is 0.255 e. The molecule has 0 heterocycles. The van der Waals surface area contributed by atoms with Crippen LogP contribution in [0.1, 0.15) is 36.7 Å². The number of benzene rings is 3. The molecule has 0 atom stereocenters. The van der Waals surface area contributed by atoms with Gasteiger partial charge in [0, 0.05) is 11.3 Å². The highest BCUT2D eigenvalue weighted by molar-refractivity contribution is 6.06. The predicted octanol–water partition coefficient (Wildman–Crippen LogP) is 5.39. The monoisotopic (exact) mass is 303 g/mol. The second-order valence-corrected chi connectivity index (χ2v) is 6.85. The number of hydrogen-bond donors (Lipinski definition) is 1. The van der Waals surface area contributed by atoms with Crippen molar-refractivity contribution in [2.75, 3.05) is 5.32 Å². The molecule has 0 aromatic heterocycles. The minimum atomic E-state index is -0.0817. The maximum Gasteiger partial charge on any atom is 0.255 e. The number of hydrogen-bond acceptors (Lipinski definition) is 1. The molecule has 1 N–H and O–H groups in total. The van der Waals surface area contributed by atoms with Crippen molar-refractivity contribution in [3.63, 3.8) is 0 Å². The average molecular weight is 303 g/mol. The normalized spacial score (nSPS) is 11.4. The van der Waals surface area contributed by atoms with E-state index in [1.807, 2.05) is 60.7 Å². The summed E-state index contributed by atoms with van der Waals surface area (Å²) in [7, 11) is 0. The predicted molar refractivity (Wildman–Crippen MR) is 97.0 cm³/mol. The van der Waals surface area contributed by atoms with Gasteiger partial charge in [-0.2, -0.15) is 0 Å². The molecular formula is C21H21NO. The van der Waals surface area contributed by atoms with Gasteiger partial charge in [0.25, 0.3) is 5.91 Å². The lowest BCUT2D eigenvalue weighted by Crippen LogP contribution is -2.14. The summed E-state index contributed by atoms with van der Waals surface area (Å²) >= 11 is 0. The standard InChI is InChI=1S/C21H21NO/c1-21(2,3)18-9-6-10-19(14-18)22-20(23)17-12-11-15-7-4-5-8-16(15)13-17/h4-14H,1-3H3,(H,22,23). The van der Waals surface area contributed by atoms with Crippen molar-refractivity contribution in [3.05, 3.63) is 77.9 Å². The molecule has 2 heteroatoms. The van der Waals surface area contributed by atoms with Crippen LogP contribution < -0.4 is 5.32 Å². The van der Waals surface area contributed by atoms with Crippen LogP contribution in [0.2, 0.25) is 0 Å². The van der Waals surface area contributed by atoms with E-state index in [4.69, 9.17) is 0 Å². The van der Waals surface area contributed by atoms with Crippen LogP contribution in [0, 0.1) is 0 Å². The Morgan fingerprint density at radius 3 is 2.30 bits per heavy atom. The Morgan fingerprint density at radius 2 is 1.57 bits per heavy atom. The first-order valence-corrected chi connectivity index (χ1v) is 7.84. The van der Waals surface area contributed by atoms with Crippen LogP contribution in [0.15, 0.2) is 66.7 Å². The topological polar surface area (TPSA) is 29.1 Å². The molecule has 3 aromatic carbocycles. The van der Waals surface area contributed by atoms with Crippen molar-refractivity contribution in [2.45, 2.75) is 26.2 Å². The summed E-state index contributed by atoms with van der Waals surface area (Å²) in [5.41, 5.74) is 2.76. The fourth-order valence-electron chi connectivity index (χ4n) is 2.60. The van der Waals surface area contributed by atoms with Crippen molar-refractivity contribution < 1.29 is 4.79 Å². The molecule has 23 heavy (non-hydrogen) atoms. The van der Waals surface area contributed by atoms with Crippen LogP contribution in [0.25, 0.3) is 10.8 Å². The van der Waals surface area contributed by atoms with Crippen LogP contribution in [-0.4, -0.2) is 5.91 Å². The van der Waals surface area contributed by atoms with E-state index in [1.54, 1.807) is 0 Å². The summed E-state index contributed by atoms with van der Waals surface area (Å²) in [4.78, 5) is 12.5. The van der Waals surface area contributed by atoms with E-state index < -0.39 is 0 Å². The van der Waals surface area contributed by atoms with Gasteiger partial charge in [-0.1, -0.05) is 63.2 Å². The molecule has 0 aliphatic carbocycles. The summed E-state index contributed by atoms with van der Waals surface area (Å²) < 4.78 is 0. The van der Waals surface area contributed by atoms with Crippen molar-refractivity contribution in [1.29, 1.82) is 0 Å². The fourth-order valence-corrected chi connectivity index (χ4v) is 2.60. The maximum atomic E-state index is 12.5. The SMILES string of the molecule is CC(C)(C)c1cccc(NC(=O)c2ccc3ccccc3c2)c1. The molecule has 3 aromatic rings. The Morgan fingerprint density at radius 1 is 0.826 bits per heavy atom. The van der Waals surface area contributed by atoms with Gasteiger partial charge in [-0.3, -0.25) is 4.79 Å². The zero-order valence-electron chi connectivity index (χ0n) is 13.8. The van der Waals surface area contributed by atoms with E-state index in [0.717, 1.165) is 16.5 Å². The van der Waals surface area contributed by atoms with Crippen LogP contribution in [0.3, 0.4) is 0 Å². The molecule has 0 radical (unpaired) electrons. The summed E-state index contributed by atoms with van der Waals surface area (Å²) in [6.45, 7) is 6.49. The van der Waals surface area contributed by atoms with Gasteiger partial charge in [0.05, 0.1) is 0 Å². The average Bonchev–Trinajstić information content (AvgIpc) is 2.54. The van der Waals surface area contributed by atoms with Crippen LogP contribution >= 0.6 is 0 Å². The largest absolute Gasteiger partial charge is 0.322 e. The second-order valence-electron chi connectivity index (χ2n) is 6.85. The van der Waals surface area contributed by atoms with Gasteiger partial charge in [0.1, 0.15) is 0 Å². The third-order valence-electron chi connectivity index (χ3n) is 4.00. The Hall–Kier alpha value is -2.61. The molecule has 0 saturated carbocycles. The number of nitrogens with one attached hydrogen (secondary N) is 1. The fraction of sp³-hybridized carbons (Fsp3) is 0.190. The first-order chi connectivity index (χ1) is 10.9. The second kappa shape index (κ2) is 5.88. The summed E-state index contributed by atoms with van der Waals surface area (Å²) in [6.07, 6.45) is 0. The van der Waals surface area contributed by atoms with E-state index in [9.17, 15) is 4.79 Å². The molecule has 0 saturated heterocycles. The molecule has 3 rings (SSSR count). The number of rotatable bonds is 2. The molecule has 0 fully saturated rings. The lowest BCUT2D eigenvalue weighted by Gasteiger charge is -2.19. The van der Waals surface area contributed by atoms with Gasteiger partial charge in [-0.05, 0) is 46.0 Å². The Labute approximate surface area is 137 Å². The Bertz CT molecular complexity index is 859. The molecule has 0 unspecified atom stereocenters. The highest BCUT2D eigenvalue weighted by Gasteiger charge is 2.14. The molecule has 0 spiro atoms. The van der Waals surface area contributed by atoms with E-state index in [2.05, 4.69) is 32.2 Å². The Kier molecular flexibility index (Phi) is 3.91. The summed E-state index contributed by atoms with van der Waals surface area (Å²) in [6, 6.07) is 21.9. The van der Waals surface area contributed by atoms with Gasteiger partial charge in [0.2, 0.25) is 0 Å². The van der Waals surface area contributed by atoms with E-state index in [-0.39, 0.29) is 11.3 Å². The van der Waals surface area contributed by atoms with Crippen LogP contribution in [0.5, 0.6) is 0 Å². The number of anilines is 1. The molecule has 0 bridgehead atoms. The number of fused-ring (bicyclic) bond motifs is 1. The van der Waals surface area contributed by atoms with E-state index in [0.29, 0.717) is 5.56 Å². The number of carbonyl (C=O) groups is 1. The molecule has 116 valence electrons. The zero-order valence-corrected chi connectivity index (χ0v) is 13.8. The lowest BCUT2D eigenvalue weighted by atomic mass is 9.87. The van der Waals surface area contributed by atoms with E-state index >= 15 is 0 Å². The van der Waals surface area contributed by atoms with Gasteiger partial charge < -0.3 is 5.32 Å². The van der Waals surface area contributed by atoms with Crippen LogP contribution in [-0.2, 0) is 5.41 Å². The van der Waals surface area contributed by atoms with Gasteiger partial charge in [-0.25, -0.2) is 0 Å². The third kappa shape index (κ3) is 3.42. The molecule has 2 nitrogen and oxygen atoms in total. The van der Waals surface area contributed by atoms with Crippen molar-refractivity contribution >= 4 is 22.4 Å². The van der Waals surface area contributed by atoms with E-state index in [1.165, 1.54) is 5.56 Å². The highest BCUT2D eigenvalue weighted by atomic mass is 16.1. The Balaban J connectivity index is 1.86. The number of amides is 1. The lowest BCUT2D eigenvalue weighted by molar-refractivity contribution is 0.102. The van der Waals surface area contributed by atoms with Gasteiger partial charge in [0.15, 0.2) is 0 Å². The van der Waals surface area contributed by atoms with Crippen LogP contribution in [0.4, 0.5) is 5.69 Å². The third-order valence-corrected chi connectivity index (χ3v) is 4.00. The summed E-state index contributed by atoms with van der Waals surface area (Å²) in [5, 5.41) is 5.21. The number of carbonyl (C=O) groups excluding carboxylic acids is 1. The molecule has 0 aliphatic rings. The van der Waals surface area contributed by atoms with Crippen molar-refractivity contribution in [1.82, 2.24) is 0 Å². The molecular weight excluding hydrogens is 282 g/mol. The van der Waals surface area contributed by atoms with Crippen molar-refractivity contribution in [2.24, 2.45) is 0 Å². The molecule has 1 amide bonds. The van der Waals surface area contributed by atoms with Gasteiger partial charge >= 0.3 is 0 Å². The first kappa shape index (κ1) is 15.3. The van der Waals surface area contributed by atoms with Gasteiger partial charge in [-0.15, -0.1) is 0 Å². The molecule has 0 aliphatic heterocycles. The quantitative estimate of drug-likeness (QED) is 0.675. The van der Waals surface area contributed by atoms with Crippen molar-refractivity contribution in [3.8, 4) is 0 Å². The highest BCUT2D eigenvalue weighted by Crippen LogP contribution is 2.25. The summed E-state index contributed by atoms with van der Waals surface area (Å²) in [5.74, 6) is -0.0817. The maximum absolute atomic E-state index is 12.5. The first-order valence-electron chi connectivity index (χ1n) is 7.84. The zero-order chi connectivity index (χ0) is 16.4.